The molecule has 2 aromatic rings. The highest BCUT2D eigenvalue weighted by molar-refractivity contribution is 5.91. The van der Waals surface area contributed by atoms with Gasteiger partial charge in [-0.2, -0.15) is 5.10 Å². The monoisotopic (exact) mass is 288 g/mol. The van der Waals surface area contributed by atoms with Crippen LogP contribution >= 0.6 is 0 Å². The average molecular weight is 288 g/mol. The van der Waals surface area contributed by atoms with Crippen LogP contribution < -0.4 is 0 Å². The van der Waals surface area contributed by atoms with E-state index in [4.69, 9.17) is 0 Å². The maximum atomic E-state index is 13.1. The van der Waals surface area contributed by atoms with Crippen molar-refractivity contribution in [3.05, 3.63) is 47.0 Å². The van der Waals surface area contributed by atoms with Gasteiger partial charge in [0.2, 0.25) is 0 Å². The summed E-state index contributed by atoms with van der Waals surface area (Å²) in [5, 5.41) is 14.1. The van der Waals surface area contributed by atoms with Crippen LogP contribution in [0.25, 0.3) is 5.69 Å². The molecule has 3 rings (SSSR count). The summed E-state index contributed by atoms with van der Waals surface area (Å²) < 4.78 is 14.7. The molecule has 1 saturated carbocycles. The molecule has 1 aliphatic rings. The molecule has 0 amide bonds. The normalized spacial score (nSPS) is 14.7. The van der Waals surface area contributed by atoms with Crippen molar-refractivity contribution < 1.29 is 14.3 Å². The Balaban J connectivity index is 2.21. The summed E-state index contributed by atoms with van der Waals surface area (Å²) in [6.45, 7) is 3.89. The van der Waals surface area contributed by atoms with Gasteiger partial charge in [-0.15, -0.1) is 0 Å². The van der Waals surface area contributed by atoms with E-state index in [-0.39, 0.29) is 17.7 Å². The number of carbonyl (C=O) groups is 1. The minimum Gasteiger partial charge on any atom is -0.478 e. The zero-order chi connectivity index (χ0) is 15.1. The molecule has 1 fully saturated rings. The number of carboxylic acids is 1. The van der Waals surface area contributed by atoms with Gasteiger partial charge in [-0.1, -0.05) is 13.8 Å². The van der Waals surface area contributed by atoms with E-state index < -0.39 is 5.97 Å². The molecule has 0 bridgehead atoms. The van der Waals surface area contributed by atoms with E-state index in [1.165, 1.54) is 12.1 Å². The summed E-state index contributed by atoms with van der Waals surface area (Å²) in [6, 6.07) is 5.96. The van der Waals surface area contributed by atoms with Gasteiger partial charge in [0.25, 0.3) is 0 Å². The molecule has 5 heteroatoms. The van der Waals surface area contributed by atoms with Crippen molar-refractivity contribution in [3.8, 4) is 5.69 Å². The maximum absolute atomic E-state index is 13.1. The zero-order valence-electron chi connectivity index (χ0n) is 12.0. The Labute approximate surface area is 122 Å². The van der Waals surface area contributed by atoms with Crippen LogP contribution in [0.1, 0.15) is 60.3 Å². The van der Waals surface area contributed by atoms with Crippen LogP contribution in [-0.4, -0.2) is 20.9 Å². The van der Waals surface area contributed by atoms with Crippen molar-refractivity contribution in [1.29, 1.82) is 0 Å². The van der Waals surface area contributed by atoms with Crippen LogP contribution in [-0.2, 0) is 0 Å². The highest BCUT2D eigenvalue weighted by atomic mass is 19.1. The minimum absolute atomic E-state index is 0.0150. The second kappa shape index (κ2) is 4.98. The van der Waals surface area contributed by atoms with Gasteiger partial charge in [0.15, 0.2) is 0 Å². The highest BCUT2D eigenvalue weighted by Gasteiger charge is 2.35. The molecule has 21 heavy (non-hydrogen) atoms. The van der Waals surface area contributed by atoms with Gasteiger partial charge in [-0.05, 0) is 43.0 Å². The second-order valence-electron chi connectivity index (χ2n) is 5.77. The predicted octanol–water partition coefficient (Wildman–Crippen LogP) is 3.71. The Bertz CT molecular complexity index is 685. The Morgan fingerprint density at radius 1 is 1.33 bits per heavy atom. The van der Waals surface area contributed by atoms with E-state index in [9.17, 15) is 14.3 Å². The topological polar surface area (TPSA) is 55.1 Å². The first-order chi connectivity index (χ1) is 9.99. The van der Waals surface area contributed by atoms with Crippen molar-refractivity contribution in [1.82, 2.24) is 9.78 Å². The molecule has 1 heterocycles. The van der Waals surface area contributed by atoms with Gasteiger partial charge >= 0.3 is 5.97 Å². The summed E-state index contributed by atoms with van der Waals surface area (Å²) in [4.78, 5) is 11.7. The van der Waals surface area contributed by atoms with E-state index in [1.54, 1.807) is 16.8 Å². The van der Waals surface area contributed by atoms with Gasteiger partial charge in [0.1, 0.15) is 11.4 Å². The van der Waals surface area contributed by atoms with E-state index in [0.29, 0.717) is 22.6 Å². The molecule has 0 aliphatic heterocycles. The summed E-state index contributed by atoms with van der Waals surface area (Å²) in [6.07, 6.45) is 1.97. The van der Waals surface area contributed by atoms with Crippen molar-refractivity contribution in [2.75, 3.05) is 0 Å². The molecule has 1 aliphatic carbocycles. The third-order valence-electron chi connectivity index (χ3n) is 3.74. The Hall–Kier alpha value is -2.17. The van der Waals surface area contributed by atoms with Crippen molar-refractivity contribution in [2.24, 2.45) is 0 Å². The summed E-state index contributed by atoms with van der Waals surface area (Å²) in [5.41, 5.74) is 2.35. The fourth-order valence-corrected chi connectivity index (χ4v) is 2.62. The minimum atomic E-state index is -0.936. The molecule has 0 saturated heterocycles. The molecule has 1 aromatic heterocycles. The van der Waals surface area contributed by atoms with Gasteiger partial charge < -0.3 is 5.11 Å². The fraction of sp³-hybridized carbons (Fsp3) is 0.375. The lowest BCUT2D eigenvalue weighted by atomic mass is 10.0. The van der Waals surface area contributed by atoms with Gasteiger partial charge in [-0.25, -0.2) is 13.9 Å². The molecule has 1 aromatic carbocycles. The average Bonchev–Trinajstić information content (AvgIpc) is 3.18. The van der Waals surface area contributed by atoms with Gasteiger partial charge in [0, 0.05) is 5.92 Å². The van der Waals surface area contributed by atoms with Crippen LogP contribution in [0.15, 0.2) is 24.3 Å². The number of hydrogen-bond acceptors (Lipinski definition) is 2. The second-order valence-corrected chi connectivity index (χ2v) is 5.77. The van der Waals surface area contributed by atoms with Crippen molar-refractivity contribution >= 4 is 5.97 Å². The van der Waals surface area contributed by atoms with E-state index in [0.717, 1.165) is 12.8 Å². The summed E-state index contributed by atoms with van der Waals surface area (Å²) in [7, 11) is 0. The number of halogens is 1. The molecule has 0 unspecified atom stereocenters. The zero-order valence-corrected chi connectivity index (χ0v) is 12.0. The Morgan fingerprint density at radius 2 is 1.95 bits per heavy atom. The van der Waals surface area contributed by atoms with Crippen LogP contribution in [0.4, 0.5) is 4.39 Å². The number of hydrogen-bond donors (Lipinski definition) is 1. The number of nitrogens with zero attached hydrogens (tertiary/aromatic N) is 2. The van der Waals surface area contributed by atoms with E-state index >= 15 is 0 Å². The molecule has 4 nitrogen and oxygen atoms in total. The smallest absolute Gasteiger partial charge is 0.339 e. The SMILES string of the molecule is CC(C)c1c(C(=O)O)c(C2CC2)nn1-c1ccc(F)cc1. The van der Waals surface area contributed by atoms with E-state index in [2.05, 4.69) is 5.10 Å². The largest absolute Gasteiger partial charge is 0.478 e. The Morgan fingerprint density at radius 3 is 2.43 bits per heavy atom. The first-order valence-electron chi connectivity index (χ1n) is 7.11. The third-order valence-corrected chi connectivity index (χ3v) is 3.74. The highest BCUT2D eigenvalue weighted by Crippen LogP contribution is 2.43. The van der Waals surface area contributed by atoms with Gasteiger partial charge in [-0.3, -0.25) is 0 Å². The summed E-state index contributed by atoms with van der Waals surface area (Å²) in [5.74, 6) is -0.997. The number of carboxylic acid groups (broad SMARTS) is 1. The maximum Gasteiger partial charge on any atom is 0.339 e. The molecular formula is C16H17FN2O2. The molecular weight excluding hydrogens is 271 g/mol. The third kappa shape index (κ3) is 2.44. The standard InChI is InChI=1S/C16H17FN2O2/c1-9(2)15-13(16(20)21)14(10-3-4-10)18-19(15)12-7-5-11(17)6-8-12/h5-10H,3-4H2,1-2H3,(H,20,21). The molecule has 0 atom stereocenters. The summed E-state index contributed by atoms with van der Waals surface area (Å²) >= 11 is 0. The van der Waals surface area contributed by atoms with E-state index in [1.807, 2.05) is 13.8 Å². The van der Waals surface area contributed by atoms with Crippen molar-refractivity contribution in [2.45, 2.75) is 38.5 Å². The van der Waals surface area contributed by atoms with Crippen molar-refractivity contribution in [3.63, 3.8) is 0 Å². The molecule has 0 spiro atoms. The fourth-order valence-electron chi connectivity index (χ4n) is 2.62. The quantitative estimate of drug-likeness (QED) is 0.933. The lowest BCUT2D eigenvalue weighted by Gasteiger charge is -2.11. The van der Waals surface area contributed by atoms with Crippen LogP contribution in [0, 0.1) is 5.82 Å². The molecule has 0 radical (unpaired) electrons. The lowest BCUT2D eigenvalue weighted by molar-refractivity contribution is 0.0694. The Kier molecular flexibility index (Phi) is 3.27. The first-order valence-corrected chi connectivity index (χ1v) is 7.11. The number of benzene rings is 1. The number of aromatic nitrogens is 2. The van der Waals surface area contributed by atoms with Crippen LogP contribution in [0.3, 0.4) is 0 Å². The number of rotatable bonds is 4. The molecule has 1 N–H and O–H groups in total. The van der Waals surface area contributed by atoms with Gasteiger partial charge in [0.05, 0.1) is 17.1 Å². The lowest BCUT2D eigenvalue weighted by Crippen LogP contribution is -2.08. The van der Waals surface area contributed by atoms with Crippen LogP contribution in [0.2, 0.25) is 0 Å². The predicted molar refractivity (Wildman–Crippen MR) is 76.5 cm³/mol. The first kappa shape index (κ1) is 13.8. The van der Waals surface area contributed by atoms with Crippen LogP contribution in [0.5, 0.6) is 0 Å². The molecule has 110 valence electrons. The number of aromatic carboxylic acids is 1.